The van der Waals surface area contributed by atoms with E-state index >= 15 is 0 Å². The van der Waals surface area contributed by atoms with Crippen molar-refractivity contribution in [2.24, 2.45) is 0 Å². The van der Waals surface area contributed by atoms with Crippen molar-refractivity contribution in [1.82, 2.24) is 0 Å². The molecule has 0 heterocycles. The van der Waals surface area contributed by atoms with E-state index in [0.717, 1.165) is 19.3 Å². The lowest BCUT2D eigenvalue weighted by Crippen LogP contribution is -2.63. The van der Waals surface area contributed by atoms with E-state index in [1.807, 2.05) is 0 Å². The minimum atomic E-state index is -3.24. The minimum absolute atomic E-state index is 0.0375. The van der Waals surface area contributed by atoms with Gasteiger partial charge in [0, 0.05) is 0 Å². The van der Waals surface area contributed by atoms with Crippen LogP contribution in [0.1, 0.15) is 25.7 Å². The standard InChI is InChI=1S/C15H38O5Si4/c1-21(2,3)18-24(19-22(4,5)6,20-23(7,8)9)17-15-12-10-11-14(16)13-15/h14-16H,10-13H2,1-9H3. The molecule has 0 bridgehead atoms. The maximum Gasteiger partial charge on any atom is 0.647 e. The summed E-state index contributed by atoms with van der Waals surface area (Å²) >= 11 is 0. The molecule has 0 radical (unpaired) electrons. The van der Waals surface area contributed by atoms with Gasteiger partial charge in [-0.1, -0.05) is 0 Å². The molecule has 144 valence electrons. The normalized spacial score (nSPS) is 24.2. The second-order valence-corrected chi connectivity index (χ2v) is 26.1. The number of hydrogen-bond acceptors (Lipinski definition) is 5. The Morgan fingerprint density at radius 2 is 1.12 bits per heavy atom. The van der Waals surface area contributed by atoms with Gasteiger partial charge in [0.15, 0.2) is 25.0 Å². The Morgan fingerprint density at radius 3 is 1.46 bits per heavy atom. The van der Waals surface area contributed by atoms with Crippen molar-refractivity contribution in [2.45, 2.75) is 96.8 Å². The Bertz CT molecular complexity index is 359. The van der Waals surface area contributed by atoms with Crippen LogP contribution < -0.4 is 0 Å². The van der Waals surface area contributed by atoms with Crippen molar-refractivity contribution in [3.05, 3.63) is 0 Å². The van der Waals surface area contributed by atoms with Gasteiger partial charge < -0.3 is 21.9 Å². The summed E-state index contributed by atoms with van der Waals surface area (Å²) in [4.78, 5) is 0. The third-order valence-electron chi connectivity index (χ3n) is 3.20. The van der Waals surface area contributed by atoms with Crippen LogP contribution in [0.2, 0.25) is 58.9 Å². The highest BCUT2D eigenvalue weighted by Crippen LogP contribution is 2.31. The lowest BCUT2D eigenvalue weighted by atomic mass is 9.95. The van der Waals surface area contributed by atoms with Gasteiger partial charge in [-0.3, -0.25) is 0 Å². The molecule has 9 heteroatoms. The van der Waals surface area contributed by atoms with Crippen molar-refractivity contribution >= 4 is 34.0 Å². The molecule has 1 fully saturated rings. The third kappa shape index (κ3) is 9.39. The summed E-state index contributed by atoms with van der Waals surface area (Å²) in [5.74, 6) is 0. The molecular weight excluding hydrogens is 373 g/mol. The van der Waals surface area contributed by atoms with Crippen LogP contribution in [-0.4, -0.2) is 51.3 Å². The first kappa shape index (κ1) is 22.7. The van der Waals surface area contributed by atoms with E-state index in [2.05, 4.69) is 58.9 Å². The van der Waals surface area contributed by atoms with Crippen LogP contribution in [0.25, 0.3) is 0 Å². The molecule has 2 atom stereocenters. The van der Waals surface area contributed by atoms with E-state index in [-0.39, 0.29) is 12.2 Å². The molecule has 0 saturated heterocycles. The van der Waals surface area contributed by atoms with Crippen LogP contribution in [0.15, 0.2) is 0 Å². The van der Waals surface area contributed by atoms with Crippen LogP contribution in [-0.2, 0) is 16.8 Å². The highest BCUT2D eigenvalue weighted by molar-refractivity contribution is 6.87. The number of aliphatic hydroxyl groups is 1. The van der Waals surface area contributed by atoms with Gasteiger partial charge in [0.25, 0.3) is 0 Å². The fourth-order valence-electron chi connectivity index (χ4n) is 2.69. The smallest absolute Gasteiger partial charge is 0.395 e. The first-order valence-electron chi connectivity index (χ1n) is 9.06. The average molecular weight is 411 g/mol. The van der Waals surface area contributed by atoms with E-state index in [1.165, 1.54) is 0 Å². The summed E-state index contributed by atoms with van der Waals surface area (Å²) in [6.07, 6.45) is 3.08. The Balaban J connectivity index is 3.11. The van der Waals surface area contributed by atoms with E-state index in [9.17, 15) is 5.11 Å². The SMILES string of the molecule is C[Si](C)(C)O[Si](OC1CCCC(O)C1)(O[Si](C)(C)C)O[Si](C)(C)C. The lowest BCUT2D eigenvalue weighted by molar-refractivity contribution is -0.00832. The summed E-state index contributed by atoms with van der Waals surface area (Å²) < 4.78 is 26.0. The van der Waals surface area contributed by atoms with Crippen LogP contribution in [0.3, 0.4) is 0 Å². The molecule has 0 aromatic carbocycles. The second-order valence-electron chi connectivity index (χ2n) is 9.70. The number of hydrogen-bond donors (Lipinski definition) is 1. The van der Waals surface area contributed by atoms with Gasteiger partial charge in [-0.2, -0.15) is 0 Å². The second kappa shape index (κ2) is 8.13. The Morgan fingerprint density at radius 1 is 0.708 bits per heavy atom. The summed E-state index contributed by atoms with van der Waals surface area (Å²) in [5.41, 5.74) is 0. The van der Waals surface area contributed by atoms with E-state index < -0.39 is 34.0 Å². The molecule has 0 aliphatic heterocycles. The molecule has 1 saturated carbocycles. The molecule has 0 spiro atoms. The van der Waals surface area contributed by atoms with Gasteiger partial charge in [-0.25, -0.2) is 0 Å². The van der Waals surface area contributed by atoms with E-state index in [1.54, 1.807) is 0 Å². The summed E-state index contributed by atoms with van der Waals surface area (Å²) in [6.45, 7) is 19.3. The van der Waals surface area contributed by atoms with Crippen molar-refractivity contribution in [1.29, 1.82) is 0 Å². The molecule has 24 heavy (non-hydrogen) atoms. The highest BCUT2D eigenvalue weighted by atomic mass is 28.5. The van der Waals surface area contributed by atoms with Gasteiger partial charge in [0.05, 0.1) is 12.2 Å². The van der Waals surface area contributed by atoms with Gasteiger partial charge in [0.1, 0.15) is 0 Å². The maximum absolute atomic E-state index is 10.0. The van der Waals surface area contributed by atoms with Crippen LogP contribution in [0, 0.1) is 0 Å². The average Bonchev–Trinajstić information content (AvgIpc) is 2.19. The monoisotopic (exact) mass is 410 g/mol. The molecule has 0 aromatic rings. The molecule has 2 unspecified atom stereocenters. The lowest BCUT2D eigenvalue weighted by Gasteiger charge is -2.43. The number of aliphatic hydroxyl groups excluding tert-OH is 1. The zero-order valence-corrected chi connectivity index (χ0v) is 21.1. The zero-order valence-electron chi connectivity index (χ0n) is 17.1. The van der Waals surface area contributed by atoms with Crippen molar-refractivity contribution in [2.75, 3.05) is 0 Å². The summed E-state index contributed by atoms with van der Waals surface area (Å²) in [7, 11) is -9.02. The largest absolute Gasteiger partial charge is 0.647 e. The first-order chi connectivity index (χ1) is 10.6. The Hall–Kier alpha value is 0.668. The predicted molar refractivity (Wildman–Crippen MR) is 108 cm³/mol. The predicted octanol–water partition coefficient (Wildman–Crippen LogP) is 4.30. The highest BCUT2D eigenvalue weighted by Gasteiger charge is 2.55. The Kier molecular flexibility index (Phi) is 7.70. The topological polar surface area (TPSA) is 57.2 Å². The van der Waals surface area contributed by atoms with Gasteiger partial charge >= 0.3 is 9.05 Å². The summed E-state index contributed by atoms with van der Waals surface area (Å²) in [6, 6.07) is 0. The van der Waals surface area contributed by atoms with E-state index in [4.69, 9.17) is 16.8 Å². The van der Waals surface area contributed by atoms with Crippen molar-refractivity contribution in [3.8, 4) is 0 Å². The van der Waals surface area contributed by atoms with Crippen molar-refractivity contribution in [3.63, 3.8) is 0 Å². The number of rotatable bonds is 8. The maximum atomic E-state index is 10.0. The third-order valence-corrected chi connectivity index (χ3v) is 14.2. The molecule has 1 aliphatic carbocycles. The molecule has 5 nitrogen and oxygen atoms in total. The quantitative estimate of drug-likeness (QED) is 0.605. The fraction of sp³-hybridized carbons (Fsp3) is 1.00. The fourth-order valence-corrected chi connectivity index (χ4v) is 14.5. The van der Waals surface area contributed by atoms with Gasteiger partial charge in [0.2, 0.25) is 0 Å². The first-order valence-corrected chi connectivity index (χ1v) is 20.9. The minimum Gasteiger partial charge on any atom is -0.395 e. The molecular formula is C15H38O5Si4. The Labute approximate surface area is 152 Å². The van der Waals surface area contributed by atoms with Gasteiger partial charge in [-0.05, 0) is 84.6 Å². The molecule has 1 N–H and O–H groups in total. The molecule has 0 amide bonds. The zero-order chi connectivity index (χ0) is 18.8. The van der Waals surface area contributed by atoms with Crippen molar-refractivity contribution < 1.29 is 21.9 Å². The van der Waals surface area contributed by atoms with Gasteiger partial charge in [-0.15, -0.1) is 0 Å². The van der Waals surface area contributed by atoms with Crippen LogP contribution in [0.5, 0.6) is 0 Å². The van der Waals surface area contributed by atoms with Crippen LogP contribution >= 0.6 is 0 Å². The molecule has 0 aromatic heterocycles. The summed E-state index contributed by atoms with van der Waals surface area (Å²) in [5, 5.41) is 10.0. The molecule has 1 aliphatic rings. The van der Waals surface area contributed by atoms with E-state index in [0.29, 0.717) is 6.42 Å². The van der Waals surface area contributed by atoms with Crippen LogP contribution in [0.4, 0.5) is 0 Å². The molecule has 1 rings (SSSR count).